The van der Waals surface area contributed by atoms with E-state index < -0.39 is 0 Å². The van der Waals surface area contributed by atoms with Crippen molar-refractivity contribution < 1.29 is 4.79 Å². The van der Waals surface area contributed by atoms with Gasteiger partial charge in [0.15, 0.2) is 0 Å². The summed E-state index contributed by atoms with van der Waals surface area (Å²) in [6.07, 6.45) is 1.70. The van der Waals surface area contributed by atoms with Crippen LogP contribution in [0.2, 0.25) is 0 Å². The molecule has 7 heteroatoms. The molecule has 3 aromatic rings. The van der Waals surface area contributed by atoms with E-state index in [1.54, 1.807) is 6.20 Å². The standard InChI is InChI=1S/C20H25N5O2/c1-14-17-12-22-25(16-8-6-5-7-9-16)20(27)19(17)15(2)24(14)13-18(26)21-10-11-23(3)4/h5-9,12H,10-11,13H2,1-4H3,(H,21,26). The van der Waals surface area contributed by atoms with Crippen LogP contribution in [0.4, 0.5) is 0 Å². The number of aromatic nitrogens is 3. The second-order valence-corrected chi connectivity index (χ2v) is 6.90. The van der Waals surface area contributed by atoms with Gasteiger partial charge in [0.25, 0.3) is 5.56 Å². The van der Waals surface area contributed by atoms with Gasteiger partial charge in [0, 0.05) is 29.9 Å². The van der Waals surface area contributed by atoms with Gasteiger partial charge < -0.3 is 14.8 Å². The van der Waals surface area contributed by atoms with Crippen LogP contribution in [-0.4, -0.2) is 52.3 Å². The Morgan fingerprint density at radius 2 is 1.85 bits per heavy atom. The third kappa shape index (κ3) is 3.78. The molecule has 1 N–H and O–H groups in total. The van der Waals surface area contributed by atoms with Crippen LogP contribution < -0.4 is 10.9 Å². The van der Waals surface area contributed by atoms with Crippen molar-refractivity contribution >= 4 is 16.7 Å². The molecule has 0 saturated heterocycles. The highest BCUT2D eigenvalue weighted by Gasteiger charge is 2.18. The number of rotatable bonds is 6. The number of likely N-dealkylation sites (N-methyl/N-ethyl adjacent to an activating group) is 1. The lowest BCUT2D eigenvalue weighted by atomic mass is 10.2. The van der Waals surface area contributed by atoms with Gasteiger partial charge in [-0.15, -0.1) is 0 Å². The molecule has 0 aliphatic heterocycles. The first-order valence-corrected chi connectivity index (χ1v) is 8.94. The van der Waals surface area contributed by atoms with Crippen molar-refractivity contribution in [2.24, 2.45) is 0 Å². The number of carbonyl (C=O) groups is 1. The maximum absolute atomic E-state index is 13.0. The quantitative estimate of drug-likeness (QED) is 0.716. The van der Waals surface area contributed by atoms with Crippen molar-refractivity contribution in [1.29, 1.82) is 0 Å². The molecule has 0 aliphatic carbocycles. The molecule has 27 heavy (non-hydrogen) atoms. The lowest BCUT2D eigenvalue weighted by Crippen LogP contribution is -2.33. The molecule has 0 bridgehead atoms. The first-order chi connectivity index (χ1) is 12.9. The predicted molar refractivity (Wildman–Crippen MR) is 106 cm³/mol. The zero-order valence-corrected chi connectivity index (χ0v) is 16.2. The van der Waals surface area contributed by atoms with Crippen LogP contribution >= 0.6 is 0 Å². The summed E-state index contributed by atoms with van der Waals surface area (Å²) in [4.78, 5) is 27.3. The van der Waals surface area contributed by atoms with Gasteiger partial charge >= 0.3 is 0 Å². The van der Waals surface area contributed by atoms with Crippen molar-refractivity contribution in [3.63, 3.8) is 0 Å². The van der Waals surface area contributed by atoms with E-state index in [0.29, 0.717) is 11.9 Å². The zero-order chi connectivity index (χ0) is 19.6. The van der Waals surface area contributed by atoms with Crippen molar-refractivity contribution in [3.8, 4) is 5.69 Å². The summed E-state index contributed by atoms with van der Waals surface area (Å²) >= 11 is 0. The molecule has 0 radical (unpaired) electrons. The minimum Gasteiger partial charge on any atom is -0.353 e. The summed E-state index contributed by atoms with van der Waals surface area (Å²) in [5, 5.41) is 8.62. The summed E-state index contributed by atoms with van der Waals surface area (Å²) in [5.41, 5.74) is 2.19. The number of fused-ring (bicyclic) bond motifs is 1. The van der Waals surface area contributed by atoms with Crippen molar-refractivity contribution in [2.75, 3.05) is 27.2 Å². The van der Waals surface area contributed by atoms with Crippen LogP contribution in [0, 0.1) is 13.8 Å². The Hall–Kier alpha value is -2.93. The molecule has 142 valence electrons. The summed E-state index contributed by atoms with van der Waals surface area (Å²) in [6.45, 7) is 5.34. The molecule has 7 nitrogen and oxygen atoms in total. The molecule has 0 spiro atoms. The van der Waals surface area contributed by atoms with Crippen molar-refractivity contribution in [2.45, 2.75) is 20.4 Å². The van der Waals surface area contributed by atoms with E-state index in [-0.39, 0.29) is 18.0 Å². The molecule has 0 saturated carbocycles. The Kier molecular flexibility index (Phi) is 5.41. The number of hydrogen-bond acceptors (Lipinski definition) is 4. The first-order valence-electron chi connectivity index (χ1n) is 8.94. The van der Waals surface area contributed by atoms with E-state index >= 15 is 0 Å². The van der Waals surface area contributed by atoms with Gasteiger partial charge in [-0.25, -0.2) is 0 Å². The average molecular weight is 367 g/mol. The lowest BCUT2D eigenvalue weighted by Gasteiger charge is -2.12. The topological polar surface area (TPSA) is 72.2 Å². The fourth-order valence-electron chi connectivity index (χ4n) is 3.22. The normalized spacial score (nSPS) is 11.3. The molecule has 2 aromatic heterocycles. The highest BCUT2D eigenvalue weighted by atomic mass is 16.2. The monoisotopic (exact) mass is 367 g/mol. The number of amides is 1. The minimum atomic E-state index is -0.175. The summed E-state index contributed by atoms with van der Waals surface area (Å²) < 4.78 is 3.28. The third-order valence-corrected chi connectivity index (χ3v) is 4.72. The fraction of sp³-hybridized carbons (Fsp3) is 0.350. The molecule has 0 aliphatic rings. The van der Waals surface area contributed by atoms with Gasteiger partial charge in [-0.1, -0.05) is 18.2 Å². The molecule has 2 heterocycles. The number of nitrogens with zero attached hydrogens (tertiary/aromatic N) is 4. The molecule has 1 aromatic carbocycles. The zero-order valence-electron chi connectivity index (χ0n) is 16.2. The number of aryl methyl sites for hydroxylation is 2. The molecule has 0 atom stereocenters. The molecule has 0 fully saturated rings. The van der Waals surface area contributed by atoms with Crippen molar-refractivity contribution in [3.05, 3.63) is 58.3 Å². The third-order valence-electron chi connectivity index (χ3n) is 4.72. The average Bonchev–Trinajstić information content (AvgIpc) is 2.88. The van der Waals surface area contributed by atoms with Gasteiger partial charge in [-0.2, -0.15) is 9.78 Å². The SMILES string of the molecule is Cc1c2cnn(-c3ccccc3)c(=O)c2c(C)n1CC(=O)NCCN(C)C. The maximum atomic E-state index is 13.0. The van der Waals surface area contributed by atoms with Gasteiger partial charge in [0.1, 0.15) is 6.54 Å². The van der Waals surface area contributed by atoms with Crippen LogP contribution in [-0.2, 0) is 11.3 Å². The largest absolute Gasteiger partial charge is 0.353 e. The molecular weight excluding hydrogens is 342 g/mol. The second-order valence-electron chi connectivity index (χ2n) is 6.90. The predicted octanol–water partition coefficient (Wildman–Crippen LogP) is 1.48. The van der Waals surface area contributed by atoms with E-state index in [0.717, 1.165) is 29.0 Å². The highest BCUT2D eigenvalue weighted by molar-refractivity contribution is 5.88. The summed E-state index contributed by atoms with van der Waals surface area (Å²) in [7, 11) is 3.92. The van der Waals surface area contributed by atoms with Crippen LogP contribution in [0.15, 0.2) is 41.3 Å². The summed E-state index contributed by atoms with van der Waals surface area (Å²) in [6, 6.07) is 9.33. The molecule has 0 unspecified atom stereocenters. The molecule has 3 rings (SSSR count). The van der Waals surface area contributed by atoms with Crippen LogP contribution in [0.25, 0.3) is 16.5 Å². The Labute approximate surface area is 158 Å². The summed E-state index contributed by atoms with van der Waals surface area (Å²) in [5.74, 6) is -0.0697. The Morgan fingerprint density at radius 1 is 1.15 bits per heavy atom. The number of benzene rings is 1. The Bertz CT molecular complexity index is 1020. The first kappa shape index (κ1) is 18.8. The van der Waals surface area contributed by atoms with E-state index in [2.05, 4.69) is 10.4 Å². The fourth-order valence-corrected chi connectivity index (χ4v) is 3.22. The van der Waals surface area contributed by atoms with Gasteiger partial charge in [-0.3, -0.25) is 9.59 Å². The maximum Gasteiger partial charge on any atom is 0.281 e. The molecular formula is C20H25N5O2. The second kappa shape index (κ2) is 7.75. The van der Waals surface area contributed by atoms with Gasteiger partial charge in [0.2, 0.25) is 5.91 Å². The lowest BCUT2D eigenvalue weighted by molar-refractivity contribution is -0.121. The van der Waals surface area contributed by atoms with E-state index in [1.807, 2.05) is 67.7 Å². The number of para-hydroxylation sites is 1. The minimum absolute atomic E-state index is 0.0697. The number of carbonyl (C=O) groups excluding carboxylic acids is 1. The highest BCUT2D eigenvalue weighted by Crippen LogP contribution is 2.22. The number of hydrogen-bond donors (Lipinski definition) is 1. The Morgan fingerprint density at radius 3 is 2.52 bits per heavy atom. The number of nitrogens with one attached hydrogen (secondary N) is 1. The van der Waals surface area contributed by atoms with Crippen LogP contribution in [0.3, 0.4) is 0 Å². The Balaban J connectivity index is 1.95. The van der Waals surface area contributed by atoms with E-state index in [9.17, 15) is 9.59 Å². The molecule has 1 amide bonds. The van der Waals surface area contributed by atoms with Crippen molar-refractivity contribution in [1.82, 2.24) is 24.6 Å². The van der Waals surface area contributed by atoms with Crippen LogP contribution in [0.1, 0.15) is 11.4 Å². The smallest absolute Gasteiger partial charge is 0.281 e. The van der Waals surface area contributed by atoms with Crippen LogP contribution in [0.5, 0.6) is 0 Å². The van der Waals surface area contributed by atoms with Gasteiger partial charge in [0.05, 0.1) is 17.3 Å². The van der Waals surface area contributed by atoms with Gasteiger partial charge in [-0.05, 0) is 40.1 Å². The van der Waals surface area contributed by atoms with E-state index in [1.165, 1.54) is 4.68 Å². The van der Waals surface area contributed by atoms with E-state index in [4.69, 9.17) is 0 Å².